The number of halogens is 1. The SMILES string of the molecule is Cc1cc(Nc2ccc(NC(=O)Cc3cc(Br)cs3)cc2)nc(N2CCN(C(=O)C3CC3)CC2)n1. The molecule has 35 heavy (non-hydrogen) atoms. The standard InChI is InChI=1S/C25H27BrN6O2S/c1-16-12-22(30-25(27-16)32-10-8-31(9-11-32)24(34)17-2-3-17)28-19-4-6-20(7-5-19)29-23(33)14-21-13-18(26)15-35-21/h4-7,12-13,15,17H,2-3,8-11,14H2,1H3,(H,29,33)(H,27,28,30). The number of nitrogens with zero attached hydrogens (tertiary/aromatic N) is 4. The minimum Gasteiger partial charge on any atom is -0.340 e. The fourth-order valence-electron chi connectivity index (χ4n) is 4.07. The second-order valence-electron chi connectivity index (χ2n) is 8.94. The smallest absolute Gasteiger partial charge is 0.229 e. The molecule has 0 unspecified atom stereocenters. The molecule has 2 aliphatic rings. The van der Waals surface area contributed by atoms with Crippen LogP contribution in [0.4, 0.5) is 23.1 Å². The van der Waals surface area contributed by atoms with E-state index < -0.39 is 0 Å². The predicted octanol–water partition coefficient (Wildman–Crippen LogP) is 4.59. The normalized spacial score (nSPS) is 15.7. The molecule has 10 heteroatoms. The Kier molecular flexibility index (Phi) is 7.01. The lowest BCUT2D eigenvalue weighted by atomic mass is 10.2. The predicted molar refractivity (Wildman–Crippen MR) is 142 cm³/mol. The van der Waals surface area contributed by atoms with Gasteiger partial charge in [-0.05, 0) is 66.0 Å². The summed E-state index contributed by atoms with van der Waals surface area (Å²) in [7, 11) is 0. The third-order valence-electron chi connectivity index (χ3n) is 6.04. The van der Waals surface area contributed by atoms with E-state index in [2.05, 4.69) is 36.4 Å². The third-order valence-corrected chi connectivity index (χ3v) is 7.74. The molecule has 3 heterocycles. The van der Waals surface area contributed by atoms with Crippen molar-refractivity contribution in [3.8, 4) is 0 Å². The number of rotatable bonds is 7. The van der Waals surface area contributed by atoms with Crippen molar-refractivity contribution in [2.24, 2.45) is 5.92 Å². The highest BCUT2D eigenvalue weighted by Gasteiger charge is 2.34. The highest BCUT2D eigenvalue weighted by molar-refractivity contribution is 9.10. The molecular weight excluding hydrogens is 528 g/mol. The third kappa shape index (κ3) is 6.18. The summed E-state index contributed by atoms with van der Waals surface area (Å²) in [6, 6.07) is 11.4. The van der Waals surface area contributed by atoms with E-state index in [1.165, 1.54) is 0 Å². The van der Waals surface area contributed by atoms with Gasteiger partial charge in [-0.3, -0.25) is 9.59 Å². The van der Waals surface area contributed by atoms with Gasteiger partial charge in [-0.15, -0.1) is 11.3 Å². The molecule has 2 aromatic heterocycles. The molecule has 3 aromatic rings. The zero-order chi connectivity index (χ0) is 24.4. The number of hydrogen-bond donors (Lipinski definition) is 2. The Balaban J connectivity index is 1.18. The van der Waals surface area contributed by atoms with Gasteiger partial charge in [0.15, 0.2) is 0 Å². The molecule has 2 fully saturated rings. The van der Waals surface area contributed by atoms with E-state index >= 15 is 0 Å². The number of aryl methyl sites for hydroxylation is 1. The van der Waals surface area contributed by atoms with Gasteiger partial charge in [-0.25, -0.2) is 4.98 Å². The maximum Gasteiger partial charge on any atom is 0.229 e. The molecule has 1 aliphatic carbocycles. The molecule has 0 spiro atoms. The van der Waals surface area contributed by atoms with Gasteiger partial charge in [0.05, 0.1) is 6.42 Å². The number of hydrogen-bond acceptors (Lipinski definition) is 7. The van der Waals surface area contributed by atoms with Crippen LogP contribution in [0.2, 0.25) is 0 Å². The summed E-state index contributed by atoms with van der Waals surface area (Å²) in [5.41, 5.74) is 2.49. The summed E-state index contributed by atoms with van der Waals surface area (Å²) in [6.45, 7) is 4.85. The monoisotopic (exact) mass is 554 g/mol. The molecule has 0 bridgehead atoms. The van der Waals surface area contributed by atoms with E-state index in [4.69, 9.17) is 4.98 Å². The Morgan fingerprint density at radius 2 is 1.77 bits per heavy atom. The summed E-state index contributed by atoms with van der Waals surface area (Å²) < 4.78 is 0.995. The number of aromatic nitrogens is 2. The molecule has 8 nitrogen and oxygen atoms in total. The fraction of sp³-hybridized carbons (Fsp3) is 0.360. The molecular formula is C25H27BrN6O2S. The van der Waals surface area contributed by atoms with Crippen LogP contribution in [-0.2, 0) is 16.0 Å². The topological polar surface area (TPSA) is 90.5 Å². The van der Waals surface area contributed by atoms with E-state index in [0.29, 0.717) is 37.2 Å². The van der Waals surface area contributed by atoms with Crippen molar-refractivity contribution in [3.05, 3.63) is 56.8 Å². The van der Waals surface area contributed by atoms with E-state index in [-0.39, 0.29) is 11.8 Å². The number of carbonyl (C=O) groups is 2. The Morgan fingerprint density at radius 3 is 2.43 bits per heavy atom. The zero-order valence-corrected chi connectivity index (χ0v) is 21.9. The van der Waals surface area contributed by atoms with Crippen LogP contribution in [0.5, 0.6) is 0 Å². The second kappa shape index (κ2) is 10.3. The van der Waals surface area contributed by atoms with Gasteiger partial charge in [-0.2, -0.15) is 4.98 Å². The van der Waals surface area contributed by atoms with E-state index in [9.17, 15) is 9.59 Å². The van der Waals surface area contributed by atoms with Crippen molar-refractivity contribution in [2.75, 3.05) is 41.7 Å². The van der Waals surface area contributed by atoms with Crippen molar-refractivity contribution in [3.63, 3.8) is 0 Å². The number of piperazine rings is 1. The lowest BCUT2D eigenvalue weighted by Gasteiger charge is -2.35. The van der Waals surface area contributed by atoms with Crippen molar-refractivity contribution in [2.45, 2.75) is 26.2 Å². The van der Waals surface area contributed by atoms with Crippen LogP contribution in [-0.4, -0.2) is 52.9 Å². The summed E-state index contributed by atoms with van der Waals surface area (Å²) >= 11 is 4.97. The molecule has 2 N–H and O–H groups in total. The average Bonchev–Trinajstić information content (AvgIpc) is 3.61. The Labute approximate surface area is 216 Å². The largest absolute Gasteiger partial charge is 0.340 e. The summed E-state index contributed by atoms with van der Waals surface area (Å²) in [5, 5.41) is 8.25. The average molecular weight is 556 g/mol. The molecule has 182 valence electrons. The number of anilines is 4. The maximum absolute atomic E-state index is 12.3. The molecule has 0 atom stereocenters. The van der Waals surface area contributed by atoms with Crippen LogP contribution in [0.25, 0.3) is 0 Å². The Hall–Kier alpha value is -2.98. The minimum absolute atomic E-state index is 0.0462. The van der Waals surface area contributed by atoms with Gasteiger partial charge in [0.1, 0.15) is 5.82 Å². The lowest BCUT2D eigenvalue weighted by Crippen LogP contribution is -2.49. The first-order valence-electron chi connectivity index (χ1n) is 11.7. The molecule has 2 amide bonds. The van der Waals surface area contributed by atoms with Crippen LogP contribution in [0.15, 0.2) is 46.3 Å². The number of benzene rings is 1. The van der Waals surface area contributed by atoms with Crippen LogP contribution in [0.3, 0.4) is 0 Å². The van der Waals surface area contributed by atoms with E-state index in [0.717, 1.165) is 52.3 Å². The number of nitrogens with one attached hydrogen (secondary N) is 2. The van der Waals surface area contributed by atoms with Crippen LogP contribution < -0.4 is 15.5 Å². The van der Waals surface area contributed by atoms with Crippen LogP contribution in [0, 0.1) is 12.8 Å². The van der Waals surface area contributed by atoms with Gasteiger partial charge in [-0.1, -0.05) is 0 Å². The molecule has 5 rings (SSSR count). The van der Waals surface area contributed by atoms with Gasteiger partial charge < -0.3 is 20.4 Å². The fourth-order valence-corrected chi connectivity index (χ4v) is 5.52. The number of thiophene rings is 1. The maximum atomic E-state index is 12.3. The first kappa shape index (κ1) is 23.7. The van der Waals surface area contributed by atoms with Gasteiger partial charge in [0, 0.05) is 70.0 Å². The lowest BCUT2D eigenvalue weighted by molar-refractivity contribution is -0.132. The van der Waals surface area contributed by atoms with Crippen molar-refractivity contribution >= 4 is 62.2 Å². The minimum atomic E-state index is -0.0462. The van der Waals surface area contributed by atoms with Gasteiger partial charge >= 0.3 is 0 Å². The molecule has 1 saturated heterocycles. The molecule has 0 radical (unpaired) electrons. The molecule has 1 saturated carbocycles. The Bertz CT molecular complexity index is 1220. The highest BCUT2D eigenvalue weighted by Crippen LogP contribution is 2.31. The Morgan fingerprint density at radius 1 is 1.06 bits per heavy atom. The first-order valence-corrected chi connectivity index (χ1v) is 13.4. The summed E-state index contributed by atoms with van der Waals surface area (Å²) in [5.74, 6) is 1.90. The zero-order valence-electron chi connectivity index (χ0n) is 19.5. The quantitative estimate of drug-likeness (QED) is 0.443. The van der Waals surface area contributed by atoms with Crippen LogP contribution in [0.1, 0.15) is 23.4 Å². The summed E-state index contributed by atoms with van der Waals surface area (Å²) in [6.07, 6.45) is 2.42. The van der Waals surface area contributed by atoms with Crippen molar-refractivity contribution < 1.29 is 9.59 Å². The second-order valence-corrected chi connectivity index (χ2v) is 10.9. The van der Waals surface area contributed by atoms with Gasteiger partial charge in [0.25, 0.3) is 0 Å². The van der Waals surface area contributed by atoms with Crippen LogP contribution >= 0.6 is 27.3 Å². The first-order chi connectivity index (χ1) is 16.9. The van der Waals surface area contributed by atoms with Gasteiger partial charge in [0.2, 0.25) is 17.8 Å². The van der Waals surface area contributed by atoms with E-state index in [1.54, 1.807) is 11.3 Å². The molecule has 1 aromatic carbocycles. The van der Waals surface area contributed by atoms with E-state index in [1.807, 2.05) is 53.6 Å². The van der Waals surface area contributed by atoms with Crippen molar-refractivity contribution in [1.29, 1.82) is 0 Å². The molecule has 1 aliphatic heterocycles. The van der Waals surface area contributed by atoms with Crippen molar-refractivity contribution in [1.82, 2.24) is 14.9 Å². The summed E-state index contributed by atoms with van der Waals surface area (Å²) in [4.78, 5) is 39.1. The highest BCUT2D eigenvalue weighted by atomic mass is 79.9. The number of carbonyl (C=O) groups excluding carboxylic acids is 2. The number of amides is 2.